The van der Waals surface area contributed by atoms with Crippen LogP contribution in [0.1, 0.15) is 0 Å². The van der Waals surface area contributed by atoms with Crippen molar-refractivity contribution in [2.24, 2.45) is 0 Å². The molecule has 0 radical (unpaired) electrons. The zero-order valence-corrected chi connectivity index (χ0v) is 7.01. The maximum Gasteiger partial charge on any atom is 0.235 e. The molecule has 6 heteroatoms. The van der Waals surface area contributed by atoms with E-state index in [1.165, 1.54) is 6.08 Å². The Morgan fingerprint density at radius 2 is 2.23 bits per heavy atom. The molecule has 0 amide bonds. The first kappa shape index (κ1) is 10.1. The molecular weight excluding hydrogens is 178 g/mol. The van der Waals surface area contributed by atoms with Crippen LogP contribution in [0, 0.1) is 10.1 Å². The fourth-order valence-electron chi connectivity index (χ4n) is 1.16. The van der Waals surface area contributed by atoms with Gasteiger partial charge in [-0.15, -0.1) is 0 Å². The molecule has 0 aromatic heterocycles. The van der Waals surface area contributed by atoms with Gasteiger partial charge in [0.2, 0.25) is 12.3 Å². The van der Waals surface area contributed by atoms with E-state index in [0.29, 0.717) is 13.2 Å². The molecular formula is C7H11NO5. The molecule has 74 valence electrons. The average molecular weight is 189 g/mol. The van der Waals surface area contributed by atoms with Crippen molar-refractivity contribution in [2.45, 2.75) is 11.9 Å². The van der Waals surface area contributed by atoms with Gasteiger partial charge in [-0.2, -0.15) is 0 Å². The lowest BCUT2D eigenvalue weighted by Gasteiger charge is -2.26. The van der Waals surface area contributed by atoms with E-state index in [1.807, 2.05) is 0 Å². The van der Waals surface area contributed by atoms with Crippen LogP contribution in [0.2, 0.25) is 0 Å². The minimum atomic E-state index is -1.40. The van der Waals surface area contributed by atoms with Crippen LogP contribution in [0.15, 0.2) is 12.7 Å². The van der Waals surface area contributed by atoms with Gasteiger partial charge in [-0.3, -0.25) is 10.1 Å². The Morgan fingerprint density at radius 1 is 1.69 bits per heavy atom. The van der Waals surface area contributed by atoms with Gasteiger partial charge >= 0.3 is 0 Å². The first-order chi connectivity index (χ1) is 6.10. The van der Waals surface area contributed by atoms with Gasteiger partial charge in [0.05, 0.1) is 13.2 Å². The first-order valence-corrected chi connectivity index (χ1v) is 3.82. The maximum atomic E-state index is 10.1. The molecule has 6 nitrogen and oxygen atoms in total. The normalized spacial score (nSPS) is 22.5. The molecule has 0 bridgehead atoms. The lowest BCUT2D eigenvalue weighted by molar-refractivity contribution is -0.498. The molecule has 0 aromatic carbocycles. The Bertz CT molecular complexity index is 211. The third kappa shape index (κ3) is 2.03. The Labute approximate surface area is 74.9 Å². The van der Waals surface area contributed by atoms with Crippen molar-refractivity contribution in [3.63, 3.8) is 0 Å². The number of aliphatic hydroxyl groups is 1. The maximum absolute atomic E-state index is 10.1. The molecule has 1 rings (SSSR count). The van der Waals surface area contributed by atoms with Crippen molar-refractivity contribution in [3.05, 3.63) is 22.8 Å². The minimum absolute atomic E-state index is 0.306. The summed E-state index contributed by atoms with van der Waals surface area (Å²) in [6, 6.07) is 0. The largest absolute Gasteiger partial charge is 0.381 e. The summed E-state index contributed by atoms with van der Waals surface area (Å²) < 4.78 is 10.1. The summed E-state index contributed by atoms with van der Waals surface area (Å²) in [6.07, 6.45) is -0.0729. The highest BCUT2D eigenvalue weighted by Crippen LogP contribution is 2.24. The van der Waals surface area contributed by atoms with E-state index in [-0.39, 0.29) is 0 Å². The fraction of sp³-hybridized carbons (Fsp3) is 0.714. The Morgan fingerprint density at radius 3 is 2.62 bits per heavy atom. The Hall–Kier alpha value is -0.980. The number of aliphatic hydroxyl groups excluding tert-OH is 1. The van der Waals surface area contributed by atoms with Gasteiger partial charge in [-0.05, 0) is 6.08 Å². The lowest BCUT2D eigenvalue weighted by atomic mass is 10.1. The summed E-state index contributed by atoms with van der Waals surface area (Å²) in [5, 5.41) is 19.5. The lowest BCUT2D eigenvalue weighted by Crippen LogP contribution is -2.45. The zero-order chi connectivity index (χ0) is 9.90. The van der Waals surface area contributed by atoms with Crippen molar-refractivity contribution < 1.29 is 19.5 Å². The summed E-state index contributed by atoms with van der Waals surface area (Å²) in [5.41, 5.74) is 0. The van der Waals surface area contributed by atoms with E-state index in [2.05, 4.69) is 6.58 Å². The van der Waals surface area contributed by atoms with E-state index in [0.717, 1.165) is 0 Å². The third-order valence-electron chi connectivity index (χ3n) is 1.81. The number of nitro groups is 1. The number of hydrogen-bond donors (Lipinski definition) is 1. The molecule has 1 atom stereocenters. The van der Waals surface area contributed by atoms with Crippen molar-refractivity contribution in [1.82, 2.24) is 0 Å². The number of rotatable bonds is 4. The molecule has 1 saturated heterocycles. The second-order valence-corrected chi connectivity index (χ2v) is 2.65. The standard InChI is InChI=1S/C7H11NO5/c1-2-7(12-3-4-13-7)6(9)5-8(10)11/h2,6,9H,1,3-5H2. The second-order valence-electron chi connectivity index (χ2n) is 2.65. The van der Waals surface area contributed by atoms with Crippen molar-refractivity contribution >= 4 is 0 Å². The second kappa shape index (κ2) is 3.82. The summed E-state index contributed by atoms with van der Waals surface area (Å²) in [6.45, 7) is 3.40. The van der Waals surface area contributed by atoms with E-state index < -0.39 is 23.4 Å². The predicted molar refractivity (Wildman–Crippen MR) is 42.7 cm³/mol. The first-order valence-electron chi connectivity index (χ1n) is 3.82. The van der Waals surface area contributed by atoms with Crippen molar-refractivity contribution in [1.29, 1.82) is 0 Å². The van der Waals surface area contributed by atoms with Gasteiger partial charge in [0.25, 0.3) is 0 Å². The predicted octanol–water partition coefficient (Wildman–Crippen LogP) is -0.447. The number of ether oxygens (including phenoxy) is 2. The average Bonchev–Trinajstić information content (AvgIpc) is 2.51. The van der Waals surface area contributed by atoms with Crippen LogP contribution in [0.3, 0.4) is 0 Å². The van der Waals surface area contributed by atoms with Gasteiger partial charge < -0.3 is 14.6 Å². The quantitative estimate of drug-likeness (QED) is 0.368. The van der Waals surface area contributed by atoms with Crippen LogP contribution < -0.4 is 0 Å². The molecule has 13 heavy (non-hydrogen) atoms. The molecule has 1 aliphatic rings. The van der Waals surface area contributed by atoms with Gasteiger partial charge in [-0.1, -0.05) is 6.58 Å². The van der Waals surface area contributed by atoms with Crippen LogP contribution >= 0.6 is 0 Å². The fourth-order valence-corrected chi connectivity index (χ4v) is 1.16. The van der Waals surface area contributed by atoms with Gasteiger partial charge in [0, 0.05) is 4.92 Å². The van der Waals surface area contributed by atoms with Gasteiger partial charge in [-0.25, -0.2) is 0 Å². The molecule has 0 aliphatic carbocycles. The van der Waals surface area contributed by atoms with Crippen LogP contribution in [-0.4, -0.2) is 41.7 Å². The summed E-state index contributed by atoms with van der Waals surface area (Å²) in [4.78, 5) is 9.50. The Balaban J connectivity index is 2.64. The minimum Gasteiger partial charge on any atom is -0.381 e. The van der Waals surface area contributed by atoms with E-state index in [4.69, 9.17) is 9.47 Å². The van der Waals surface area contributed by atoms with E-state index >= 15 is 0 Å². The van der Waals surface area contributed by atoms with E-state index in [9.17, 15) is 15.2 Å². The summed E-state index contributed by atoms with van der Waals surface area (Å²) >= 11 is 0. The molecule has 1 aliphatic heterocycles. The molecule has 0 spiro atoms. The summed E-state index contributed by atoms with van der Waals surface area (Å²) in [5.74, 6) is -1.40. The molecule has 1 N–H and O–H groups in total. The Kier molecular flexibility index (Phi) is 2.97. The highest BCUT2D eigenvalue weighted by Gasteiger charge is 2.43. The molecule has 1 heterocycles. The van der Waals surface area contributed by atoms with Gasteiger partial charge in [0.15, 0.2) is 6.10 Å². The smallest absolute Gasteiger partial charge is 0.235 e. The number of nitrogens with zero attached hydrogens (tertiary/aromatic N) is 1. The van der Waals surface area contributed by atoms with Crippen molar-refractivity contribution in [3.8, 4) is 0 Å². The molecule has 1 unspecified atom stereocenters. The molecule has 1 fully saturated rings. The zero-order valence-electron chi connectivity index (χ0n) is 7.01. The van der Waals surface area contributed by atoms with Crippen LogP contribution in [0.25, 0.3) is 0 Å². The van der Waals surface area contributed by atoms with Crippen LogP contribution in [0.5, 0.6) is 0 Å². The van der Waals surface area contributed by atoms with Crippen LogP contribution in [0.4, 0.5) is 0 Å². The topological polar surface area (TPSA) is 81.8 Å². The third-order valence-corrected chi connectivity index (χ3v) is 1.81. The molecule has 0 aromatic rings. The monoisotopic (exact) mass is 189 g/mol. The van der Waals surface area contributed by atoms with Gasteiger partial charge in [0.1, 0.15) is 0 Å². The van der Waals surface area contributed by atoms with Crippen molar-refractivity contribution in [2.75, 3.05) is 19.8 Å². The SMILES string of the molecule is C=CC1(C(O)C[N+](=O)[O-])OCCO1. The highest BCUT2D eigenvalue weighted by atomic mass is 16.7. The summed E-state index contributed by atoms with van der Waals surface area (Å²) in [7, 11) is 0. The number of hydrogen-bond acceptors (Lipinski definition) is 5. The van der Waals surface area contributed by atoms with E-state index in [1.54, 1.807) is 0 Å². The highest BCUT2D eigenvalue weighted by molar-refractivity contribution is 4.97. The molecule has 0 saturated carbocycles. The van der Waals surface area contributed by atoms with Crippen LogP contribution in [-0.2, 0) is 9.47 Å².